The van der Waals surface area contributed by atoms with E-state index in [-0.39, 0.29) is 10.6 Å². The van der Waals surface area contributed by atoms with Gasteiger partial charge >= 0.3 is 0 Å². The number of aryl methyl sites for hydroxylation is 2. The Balaban J connectivity index is 1.92. The summed E-state index contributed by atoms with van der Waals surface area (Å²) in [5.41, 5.74) is 1.41. The quantitative estimate of drug-likeness (QED) is 0.874. The molecule has 130 valence electrons. The monoisotopic (exact) mass is 354 g/mol. The van der Waals surface area contributed by atoms with Gasteiger partial charge in [0.2, 0.25) is 0 Å². The summed E-state index contributed by atoms with van der Waals surface area (Å²) in [6.45, 7) is 5.72. The largest absolute Gasteiger partial charge is 0.378 e. The molecule has 2 heterocycles. The predicted octanol–water partition coefficient (Wildman–Crippen LogP) is 1.80. The summed E-state index contributed by atoms with van der Waals surface area (Å²) in [7, 11) is -3.93. The third kappa shape index (κ3) is 3.22. The minimum atomic E-state index is -3.93. The van der Waals surface area contributed by atoms with E-state index in [1.807, 2.05) is 4.90 Å². The number of hydrogen-bond donors (Lipinski definition) is 2. The Bertz CT molecular complexity index is 825. The van der Waals surface area contributed by atoms with Crippen LogP contribution in [0.2, 0.25) is 0 Å². The number of benzene rings is 1. The van der Waals surface area contributed by atoms with E-state index in [1.165, 1.54) is 12.1 Å². The van der Waals surface area contributed by atoms with Crippen molar-refractivity contribution in [3.05, 3.63) is 35.4 Å². The smallest absolute Gasteiger partial charge is 0.265 e. The number of halogens is 1. The van der Waals surface area contributed by atoms with Gasteiger partial charge in [-0.15, -0.1) is 0 Å². The third-order valence-electron chi connectivity index (χ3n) is 3.90. The molecule has 1 aliphatic heterocycles. The van der Waals surface area contributed by atoms with Crippen LogP contribution in [0.1, 0.15) is 11.4 Å². The second-order valence-corrected chi connectivity index (χ2v) is 7.25. The number of aromatic nitrogens is 2. The Labute approximate surface area is 139 Å². The first-order valence-corrected chi connectivity index (χ1v) is 9.03. The number of aromatic amines is 1. The fourth-order valence-corrected chi connectivity index (χ4v) is 4.17. The van der Waals surface area contributed by atoms with E-state index in [9.17, 15) is 12.8 Å². The van der Waals surface area contributed by atoms with Crippen molar-refractivity contribution < 1.29 is 17.5 Å². The van der Waals surface area contributed by atoms with Crippen LogP contribution in [0.25, 0.3) is 0 Å². The maximum Gasteiger partial charge on any atom is 0.265 e. The first-order valence-electron chi connectivity index (χ1n) is 7.55. The molecule has 2 aromatic rings. The van der Waals surface area contributed by atoms with Crippen molar-refractivity contribution in [1.29, 1.82) is 0 Å². The number of anilines is 2. The second-order valence-electron chi connectivity index (χ2n) is 5.63. The molecule has 7 nitrogen and oxygen atoms in total. The van der Waals surface area contributed by atoms with Gasteiger partial charge in [-0.1, -0.05) is 0 Å². The molecule has 1 fully saturated rings. The first-order chi connectivity index (χ1) is 11.4. The van der Waals surface area contributed by atoms with Crippen LogP contribution < -0.4 is 9.62 Å². The van der Waals surface area contributed by atoms with Gasteiger partial charge in [-0.05, 0) is 32.0 Å². The molecule has 0 unspecified atom stereocenters. The maximum absolute atomic E-state index is 14.1. The van der Waals surface area contributed by atoms with Crippen molar-refractivity contribution in [1.82, 2.24) is 10.2 Å². The number of rotatable bonds is 4. The zero-order chi connectivity index (χ0) is 17.3. The molecule has 0 saturated carbocycles. The summed E-state index contributed by atoms with van der Waals surface area (Å²) < 4.78 is 46.9. The normalized spacial score (nSPS) is 15.5. The SMILES string of the molecule is Cc1n[nH]c(C)c1S(=O)(=O)Nc1cc(N2CCOCC2)ccc1F. The fraction of sp³-hybridized carbons (Fsp3) is 0.400. The molecule has 0 radical (unpaired) electrons. The molecule has 0 atom stereocenters. The van der Waals surface area contributed by atoms with Gasteiger partial charge in [0.15, 0.2) is 0 Å². The molecule has 2 N–H and O–H groups in total. The Kier molecular flexibility index (Phi) is 4.46. The highest BCUT2D eigenvalue weighted by Crippen LogP contribution is 2.27. The third-order valence-corrected chi connectivity index (χ3v) is 5.53. The van der Waals surface area contributed by atoms with Gasteiger partial charge in [0, 0.05) is 18.8 Å². The average molecular weight is 354 g/mol. The maximum atomic E-state index is 14.1. The summed E-state index contributed by atoms with van der Waals surface area (Å²) in [4.78, 5) is 2.06. The van der Waals surface area contributed by atoms with Gasteiger partial charge in [-0.25, -0.2) is 12.8 Å². The number of hydrogen-bond acceptors (Lipinski definition) is 5. The van der Waals surface area contributed by atoms with Crippen LogP contribution in [0.15, 0.2) is 23.1 Å². The molecule has 0 bridgehead atoms. The van der Waals surface area contributed by atoms with Gasteiger partial charge in [0.05, 0.1) is 30.3 Å². The molecule has 1 aromatic heterocycles. The number of ether oxygens (including phenoxy) is 1. The lowest BCUT2D eigenvalue weighted by atomic mass is 10.2. The highest BCUT2D eigenvalue weighted by molar-refractivity contribution is 7.92. The average Bonchev–Trinajstić information content (AvgIpc) is 2.90. The zero-order valence-corrected chi connectivity index (χ0v) is 14.3. The Morgan fingerprint density at radius 2 is 2.00 bits per heavy atom. The molecule has 1 aromatic carbocycles. The molecule has 3 rings (SSSR count). The summed E-state index contributed by atoms with van der Waals surface area (Å²) in [6.07, 6.45) is 0. The van der Waals surface area contributed by atoms with Gasteiger partial charge < -0.3 is 9.64 Å². The minimum Gasteiger partial charge on any atom is -0.378 e. The van der Waals surface area contributed by atoms with Crippen LogP contribution in [0.4, 0.5) is 15.8 Å². The van der Waals surface area contributed by atoms with Crippen LogP contribution >= 0.6 is 0 Å². The minimum absolute atomic E-state index is 0.0404. The van der Waals surface area contributed by atoms with E-state index in [0.717, 1.165) is 5.69 Å². The standard InChI is InChI=1S/C15H19FN4O3S/c1-10-15(11(2)18-17-10)24(21,22)19-14-9-12(3-4-13(14)16)20-5-7-23-8-6-20/h3-4,9,19H,5-8H2,1-2H3,(H,17,18). The van der Waals surface area contributed by atoms with Crippen LogP contribution in [0, 0.1) is 19.7 Å². The number of nitrogens with zero attached hydrogens (tertiary/aromatic N) is 2. The predicted molar refractivity (Wildman–Crippen MR) is 88.3 cm³/mol. The van der Waals surface area contributed by atoms with E-state index in [2.05, 4.69) is 14.9 Å². The lowest BCUT2D eigenvalue weighted by Crippen LogP contribution is -2.36. The van der Waals surface area contributed by atoms with E-state index < -0.39 is 15.8 Å². The molecule has 1 aliphatic rings. The Hall–Kier alpha value is -2.13. The molecular weight excluding hydrogens is 335 g/mol. The summed E-state index contributed by atoms with van der Waals surface area (Å²) >= 11 is 0. The molecule has 1 saturated heterocycles. The summed E-state index contributed by atoms with van der Waals surface area (Å²) in [5, 5.41) is 6.50. The second kappa shape index (κ2) is 6.40. The Morgan fingerprint density at radius 3 is 2.62 bits per heavy atom. The highest BCUT2D eigenvalue weighted by atomic mass is 32.2. The van der Waals surface area contributed by atoms with Crippen molar-refractivity contribution in [2.24, 2.45) is 0 Å². The van der Waals surface area contributed by atoms with Gasteiger partial charge in [-0.2, -0.15) is 5.10 Å². The number of nitrogens with one attached hydrogen (secondary N) is 2. The lowest BCUT2D eigenvalue weighted by Gasteiger charge is -2.29. The van der Waals surface area contributed by atoms with E-state index >= 15 is 0 Å². The van der Waals surface area contributed by atoms with Crippen molar-refractivity contribution in [3.8, 4) is 0 Å². The first kappa shape index (κ1) is 16.7. The van der Waals surface area contributed by atoms with E-state index in [0.29, 0.717) is 37.7 Å². The van der Waals surface area contributed by atoms with E-state index in [4.69, 9.17) is 4.74 Å². The van der Waals surface area contributed by atoms with Crippen molar-refractivity contribution in [3.63, 3.8) is 0 Å². The van der Waals surface area contributed by atoms with Crippen LogP contribution in [0.3, 0.4) is 0 Å². The van der Waals surface area contributed by atoms with Crippen LogP contribution in [0.5, 0.6) is 0 Å². The molecular formula is C15H19FN4O3S. The Morgan fingerprint density at radius 1 is 1.29 bits per heavy atom. The summed E-state index contributed by atoms with van der Waals surface area (Å²) in [5.74, 6) is -0.630. The molecule has 24 heavy (non-hydrogen) atoms. The number of morpholine rings is 1. The van der Waals surface area contributed by atoms with Gasteiger partial charge in [0.1, 0.15) is 10.7 Å². The van der Waals surface area contributed by atoms with Crippen LogP contribution in [-0.4, -0.2) is 44.9 Å². The lowest BCUT2D eigenvalue weighted by molar-refractivity contribution is 0.122. The molecule has 0 spiro atoms. The van der Waals surface area contributed by atoms with Crippen molar-refractivity contribution >= 4 is 21.4 Å². The fourth-order valence-electron chi connectivity index (χ4n) is 2.74. The van der Waals surface area contributed by atoms with Gasteiger partial charge in [0.25, 0.3) is 10.0 Å². The number of sulfonamides is 1. The highest BCUT2D eigenvalue weighted by Gasteiger charge is 2.24. The van der Waals surface area contributed by atoms with Crippen molar-refractivity contribution in [2.75, 3.05) is 35.9 Å². The van der Waals surface area contributed by atoms with E-state index in [1.54, 1.807) is 19.9 Å². The molecule has 0 amide bonds. The number of H-pyrrole nitrogens is 1. The zero-order valence-electron chi connectivity index (χ0n) is 13.5. The molecule has 9 heteroatoms. The topological polar surface area (TPSA) is 87.3 Å². The van der Waals surface area contributed by atoms with Crippen molar-refractivity contribution in [2.45, 2.75) is 18.7 Å². The van der Waals surface area contributed by atoms with Crippen LogP contribution in [-0.2, 0) is 14.8 Å². The van der Waals surface area contributed by atoms with Gasteiger partial charge in [-0.3, -0.25) is 9.82 Å². The summed E-state index contributed by atoms with van der Waals surface area (Å²) in [6, 6.07) is 4.40. The molecule has 0 aliphatic carbocycles.